The van der Waals surface area contributed by atoms with Crippen LogP contribution in [0.15, 0.2) is 36.4 Å². The average Bonchev–Trinajstić information content (AvgIpc) is 2.72. The molecule has 0 unspecified atom stereocenters. The maximum absolute atomic E-state index is 12.7. The second kappa shape index (κ2) is 9.39. The lowest BCUT2D eigenvalue weighted by Crippen LogP contribution is -2.36. The highest BCUT2D eigenvalue weighted by molar-refractivity contribution is 5.83. The van der Waals surface area contributed by atoms with E-state index in [1.165, 1.54) is 6.92 Å². The van der Waals surface area contributed by atoms with Gasteiger partial charge in [0, 0.05) is 12.3 Å². The molecule has 6 nitrogen and oxygen atoms in total. The fourth-order valence-electron chi connectivity index (χ4n) is 3.88. The van der Waals surface area contributed by atoms with Gasteiger partial charge in [-0.05, 0) is 57.2 Å². The molecule has 6 heteroatoms. The fourth-order valence-corrected chi connectivity index (χ4v) is 3.88. The van der Waals surface area contributed by atoms with Gasteiger partial charge in [0.1, 0.15) is 6.10 Å². The molecule has 1 N–H and O–H groups in total. The van der Waals surface area contributed by atoms with E-state index in [2.05, 4.69) is 4.98 Å². The first-order chi connectivity index (χ1) is 14.3. The van der Waals surface area contributed by atoms with Crippen LogP contribution in [-0.4, -0.2) is 34.7 Å². The maximum Gasteiger partial charge on any atom is 0.315 e. The van der Waals surface area contributed by atoms with Crippen LogP contribution < -0.4 is 0 Å². The topological polar surface area (TPSA) is 85.7 Å². The molecule has 1 fully saturated rings. The smallest absolute Gasteiger partial charge is 0.315 e. The van der Waals surface area contributed by atoms with E-state index in [1.807, 2.05) is 42.5 Å². The fraction of sp³-hybridized carbons (Fsp3) is 0.458. The Bertz CT molecular complexity index is 944. The maximum atomic E-state index is 12.7. The molecular formula is C24H29NO5. The molecule has 0 bridgehead atoms. The van der Waals surface area contributed by atoms with Crippen molar-refractivity contribution >= 4 is 28.9 Å². The third-order valence-electron chi connectivity index (χ3n) is 5.62. The van der Waals surface area contributed by atoms with Crippen molar-refractivity contribution in [2.45, 2.75) is 58.7 Å². The van der Waals surface area contributed by atoms with Gasteiger partial charge in [-0.1, -0.05) is 30.4 Å². The van der Waals surface area contributed by atoms with Gasteiger partial charge in [0.15, 0.2) is 0 Å². The van der Waals surface area contributed by atoms with Gasteiger partial charge in [-0.25, -0.2) is 4.98 Å². The Morgan fingerprint density at radius 1 is 1.27 bits per heavy atom. The van der Waals surface area contributed by atoms with Crippen molar-refractivity contribution in [3.63, 3.8) is 0 Å². The van der Waals surface area contributed by atoms with Gasteiger partial charge in [0.25, 0.3) is 0 Å². The molecule has 3 rings (SSSR count). The number of pyridine rings is 1. The summed E-state index contributed by atoms with van der Waals surface area (Å²) in [5, 5.41) is 10.8. The molecule has 0 aliphatic heterocycles. The number of fused-ring (bicyclic) bond motifs is 1. The molecular weight excluding hydrogens is 382 g/mol. The quantitative estimate of drug-likeness (QED) is 0.711. The van der Waals surface area contributed by atoms with Gasteiger partial charge in [-0.2, -0.15) is 0 Å². The van der Waals surface area contributed by atoms with Crippen LogP contribution in [0.5, 0.6) is 0 Å². The standard InChI is InChI=1S/C24H29NO5/c1-4-29-23(28)24(13-10-20(27)11-14-24)12-9-18-5-6-19-7-8-21(25-22(19)15-18)16(2)30-17(3)26/h5-9,12,15-16,20,27H,4,10-11,13-14H2,1-3H3/b12-9+/t16-,20-,24-/m1/s1. The van der Waals surface area contributed by atoms with Gasteiger partial charge in [0.2, 0.25) is 0 Å². The zero-order valence-electron chi connectivity index (χ0n) is 17.8. The summed E-state index contributed by atoms with van der Waals surface area (Å²) in [6.07, 6.45) is 5.37. The van der Waals surface area contributed by atoms with Crippen molar-refractivity contribution in [1.29, 1.82) is 0 Å². The van der Waals surface area contributed by atoms with Crippen molar-refractivity contribution in [2.24, 2.45) is 5.41 Å². The van der Waals surface area contributed by atoms with Crippen LogP contribution in [0.2, 0.25) is 0 Å². The highest BCUT2D eigenvalue weighted by Crippen LogP contribution is 2.39. The van der Waals surface area contributed by atoms with E-state index in [0.29, 0.717) is 38.0 Å². The number of carbonyl (C=O) groups excluding carboxylic acids is 2. The predicted octanol–water partition coefficient (Wildman–Crippen LogP) is 4.36. The lowest BCUT2D eigenvalue weighted by Gasteiger charge is -2.34. The summed E-state index contributed by atoms with van der Waals surface area (Å²) in [5.41, 5.74) is 1.69. The average molecular weight is 411 g/mol. The minimum Gasteiger partial charge on any atom is -0.465 e. The number of ether oxygens (including phenoxy) is 2. The number of benzene rings is 1. The second-order valence-electron chi connectivity index (χ2n) is 7.88. The number of nitrogens with zero attached hydrogens (tertiary/aromatic N) is 1. The van der Waals surface area contributed by atoms with Gasteiger partial charge in [-0.15, -0.1) is 0 Å². The first-order valence-corrected chi connectivity index (χ1v) is 10.5. The van der Waals surface area contributed by atoms with Crippen LogP contribution in [0.1, 0.15) is 63.8 Å². The number of hydrogen-bond donors (Lipinski definition) is 1. The molecule has 1 heterocycles. The number of hydrogen-bond acceptors (Lipinski definition) is 6. The number of rotatable bonds is 6. The number of aliphatic hydroxyl groups is 1. The molecule has 0 saturated heterocycles. The van der Waals surface area contributed by atoms with Crippen LogP contribution in [0.25, 0.3) is 17.0 Å². The van der Waals surface area contributed by atoms with Gasteiger partial charge < -0.3 is 14.6 Å². The molecule has 1 aromatic heterocycles. The Morgan fingerprint density at radius 3 is 2.63 bits per heavy atom. The van der Waals surface area contributed by atoms with Crippen LogP contribution in [0, 0.1) is 5.41 Å². The third-order valence-corrected chi connectivity index (χ3v) is 5.62. The van der Waals surface area contributed by atoms with Crippen LogP contribution in [0.4, 0.5) is 0 Å². The molecule has 1 saturated carbocycles. The Hall–Kier alpha value is -2.73. The van der Waals surface area contributed by atoms with Crippen LogP contribution >= 0.6 is 0 Å². The lowest BCUT2D eigenvalue weighted by atomic mass is 9.72. The van der Waals surface area contributed by atoms with E-state index in [0.717, 1.165) is 16.5 Å². The minimum atomic E-state index is -0.705. The second-order valence-corrected chi connectivity index (χ2v) is 7.88. The number of esters is 2. The largest absolute Gasteiger partial charge is 0.465 e. The highest BCUT2D eigenvalue weighted by atomic mass is 16.5. The first-order valence-electron chi connectivity index (χ1n) is 10.5. The molecule has 1 aliphatic carbocycles. The lowest BCUT2D eigenvalue weighted by molar-refractivity contribution is -0.155. The van der Waals surface area contributed by atoms with E-state index in [4.69, 9.17) is 9.47 Å². The molecule has 1 aliphatic rings. The molecule has 30 heavy (non-hydrogen) atoms. The van der Waals surface area contributed by atoms with E-state index < -0.39 is 11.5 Å². The van der Waals surface area contributed by atoms with E-state index in [1.54, 1.807) is 13.8 Å². The van der Waals surface area contributed by atoms with E-state index in [9.17, 15) is 14.7 Å². The van der Waals surface area contributed by atoms with Crippen LogP contribution in [0.3, 0.4) is 0 Å². The summed E-state index contributed by atoms with van der Waals surface area (Å²) in [7, 11) is 0. The van der Waals surface area contributed by atoms with Crippen molar-refractivity contribution < 1.29 is 24.2 Å². The molecule has 1 atom stereocenters. The number of aliphatic hydroxyl groups excluding tert-OH is 1. The number of carbonyl (C=O) groups is 2. The summed E-state index contributed by atoms with van der Waals surface area (Å²) in [4.78, 5) is 28.5. The van der Waals surface area contributed by atoms with Crippen molar-refractivity contribution in [2.75, 3.05) is 6.61 Å². The number of aromatic nitrogens is 1. The molecule has 1 aromatic carbocycles. The SMILES string of the molecule is CCOC(=O)[C@]1(/C=C/c2ccc3ccc([C@@H](C)OC(C)=O)nc3c2)CC[C@@H](O)CC1. The Kier molecular flexibility index (Phi) is 6.87. The summed E-state index contributed by atoms with van der Waals surface area (Å²) in [6, 6.07) is 9.71. The van der Waals surface area contributed by atoms with Crippen molar-refractivity contribution in [3.05, 3.63) is 47.7 Å². The monoisotopic (exact) mass is 411 g/mol. The molecule has 0 amide bonds. The van der Waals surface area contributed by atoms with E-state index in [-0.39, 0.29) is 18.0 Å². The minimum absolute atomic E-state index is 0.232. The zero-order chi connectivity index (χ0) is 21.7. The first kappa shape index (κ1) is 22.0. The Morgan fingerprint density at radius 2 is 1.97 bits per heavy atom. The Labute approximate surface area is 176 Å². The zero-order valence-corrected chi connectivity index (χ0v) is 17.8. The Balaban J connectivity index is 1.88. The summed E-state index contributed by atoms with van der Waals surface area (Å²) in [6.45, 7) is 5.31. The summed E-state index contributed by atoms with van der Waals surface area (Å²) < 4.78 is 10.6. The van der Waals surface area contributed by atoms with Gasteiger partial charge in [-0.3, -0.25) is 9.59 Å². The molecule has 0 radical (unpaired) electrons. The van der Waals surface area contributed by atoms with E-state index >= 15 is 0 Å². The van der Waals surface area contributed by atoms with Crippen LogP contribution in [-0.2, 0) is 19.1 Å². The molecule has 2 aromatic rings. The molecule has 160 valence electrons. The normalized spacial score (nSPS) is 22.7. The van der Waals surface area contributed by atoms with Crippen molar-refractivity contribution in [1.82, 2.24) is 4.98 Å². The summed E-state index contributed by atoms with van der Waals surface area (Å²) in [5.74, 6) is -0.576. The van der Waals surface area contributed by atoms with Crippen molar-refractivity contribution in [3.8, 4) is 0 Å². The highest BCUT2D eigenvalue weighted by Gasteiger charge is 2.40. The third kappa shape index (κ3) is 5.05. The summed E-state index contributed by atoms with van der Waals surface area (Å²) >= 11 is 0. The van der Waals surface area contributed by atoms with Gasteiger partial charge >= 0.3 is 11.9 Å². The predicted molar refractivity (Wildman–Crippen MR) is 114 cm³/mol. The van der Waals surface area contributed by atoms with Gasteiger partial charge in [0.05, 0.1) is 29.3 Å². The molecule has 0 spiro atoms.